The Balaban J connectivity index is 1.17. The Morgan fingerprint density at radius 2 is 1.16 bits per heavy atom. The molecule has 0 aliphatic heterocycles. The van der Waals surface area contributed by atoms with Crippen molar-refractivity contribution in [2.75, 3.05) is 0 Å². The molecule has 238 valence electrons. The summed E-state index contributed by atoms with van der Waals surface area (Å²) in [6, 6.07) is 34.9. The molecule has 11 aromatic rings. The first kappa shape index (κ1) is 22.9. The van der Waals surface area contributed by atoms with Crippen LogP contribution in [0.3, 0.4) is 0 Å². The maximum absolute atomic E-state index is 9.55. The smallest absolute Gasteiger partial charge is 0.164 e. The second kappa shape index (κ2) is 10.9. The van der Waals surface area contributed by atoms with Gasteiger partial charge in [0.25, 0.3) is 0 Å². The SMILES string of the molecule is [2H]c1c([2H])c([2H])c2c(oc3c([2H])c(-c4nc(-c5ccccc5)nc(-c5ccc6c(c5)sc5ccccc56)n4)c([2H])c([2H])c32)c1-c1cccc2c1oc1ccccc12. The molecule has 51 heavy (non-hydrogen) atoms. The second-order valence-electron chi connectivity index (χ2n) is 12.3. The van der Waals surface area contributed by atoms with E-state index >= 15 is 0 Å². The van der Waals surface area contributed by atoms with E-state index in [0.717, 1.165) is 36.5 Å². The zero-order valence-corrected chi connectivity index (χ0v) is 27.4. The third-order valence-electron chi connectivity index (χ3n) is 9.26. The molecule has 0 N–H and O–H groups in total. The maximum Gasteiger partial charge on any atom is 0.164 e. The minimum Gasteiger partial charge on any atom is -0.455 e. The molecule has 0 unspecified atom stereocenters. The number of para-hydroxylation sites is 3. The van der Waals surface area contributed by atoms with E-state index in [2.05, 4.69) is 12.1 Å². The Bertz CT molecular complexity index is 3510. The summed E-state index contributed by atoms with van der Waals surface area (Å²) in [5.74, 6) is 0.678. The van der Waals surface area contributed by atoms with E-state index in [9.17, 15) is 4.11 Å². The molecule has 0 fully saturated rings. The Kier molecular flexibility index (Phi) is 4.91. The number of hydrogen-bond acceptors (Lipinski definition) is 6. The molecule has 0 spiro atoms. The van der Waals surface area contributed by atoms with Gasteiger partial charge in [-0.15, -0.1) is 11.3 Å². The molecule has 0 aliphatic carbocycles. The summed E-state index contributed by atoms with van der Waals surface area (Å²) in [4.78, 5) is 14.5. The first-order chi connectivity index (χ1) is 27.8. The van der Waals surface area contributed by atoms with Crippen LogP contribution < -0.4 is 0 Å². The predicted molar refractivity (Wildman–Crippen MR) is 209 cm³/mol. The van der Waals surface area contributed by atoms with E-state index in [1.54, 1.807) is 17.4 Å². The summed E-state index contributed by atoms with van der Waals surface area (Å²) in [6.07, 6.45) is 0. The fraction of sp³-hybridized carbons (Fsp3) is 0. The summed E-state index contributed by atoms with van der Waals surface area (Å²) in [5.41, 5.74) is 3.16. The monoisotopic (exact) mass is 677 g/mol. The lowest BCUT2D eigenvalue weighted by atomic mass is 10.00. The molecule has 6 heteroatoms. The third-order valence-corrected chi connectivity index (χ3v) is 10.4. The van der Waals surface area contributed by atoms with Gasteiger partial charge in [0, 0.05) is 69.5 Å². The van der Waals surface area contributed by atoms with Crippen molar-refractivity contribution < 1.29 is 17.1 Å². The molecular weight excluding hydrogens is 647 g/mol. The van der Waals surface area contributed by atoms with Gasteiger partial charge in [-0.05, 0) is 30.3 Å². The van der Waals surface area contributed by atoms with Gasteiger partial charge in [-0.1, -0.05) is 121 Å². The number of rotatable bonds is 4. The van der Waals surface area contributed by atoms with E-state index in [-0.39, 0.29) is 75.1 Å². The normalized spacial score (nSPS) is 13.6. The van der Waals surface area contributed by atoms with E-state index < -0.39 is 0 Å². The van der Waals surface area contributed by atoms with Gasteiger partial charge < -0.3 is 8.83 Å². The molecule has 0 aliphatic rings. The van der Waals surface area contributed by atoms with Crippen LogP contribution in [0.2, 0.25) is 0 Å². The van der Waals surface area contributed by atoms with Crippen LogP contribution in [0, 0.1) is 0 Å². The van der Waals surface area contributed by atoms with E-state index in [1.165, 1.54) is 0 Å². The van der Waals surface area contributed by atoms with Crippen LogP contribution in [0.5, 0.6) is 0 Å². The number of fused-ring (bicyclic) bond motifs is 9. The summed E-state index contributed by atoms with van der Waals surface area (Å²) in [5, 5.41) is 4.07. The van der Waals surface area contributed by atoms with Gasteiger partial charge in [-0.2, -0.15) is 0 Å². The van der Waals surface area contributed by atoms with Gasteiger partial charge in [0.15, 0.2) is 17.5 Å². The molecule has 0 bridgehead atoms. The molecule has 0 amide bonds. The van der Waals surface area contributed by atoms with Crippen molar-refractivity contribution in [2.24, 2.45) is 0 Å². The van der Waals surface area contributed by atoms with Crippen LogP contribution in [-0.2, 0) is 0 Å². The lowest BCUT2D eigenvalue weighted by Crippen LogP contribution is -2.00. The molecule has 7 aromatic carbocycles. The first-order valence-electron chi connectivity index (χ1n) is 19.4. The highest BCUT2D eigenvalue weighted by atomic mass is 32.1. The predicted octanol–water partition coefficient (Wildman–Crippen LogP) is 12.7. The molecular formula is C45H25N3O2S. The quantitative estimate of drug-likeness (QED) is 0.185. The van der Waals surface area contributed by atoms with Crippen LogP contribution in [0.15, 0.2) is 160 Å². The average molecular weight is 678 g/mol. The number of hydrogen-bond donors (Lipinski definition) is 0. The fourth-order valence-corrected chi connectivity index (χ4v) is 8.01. The molecule has 0 atom stereocenters. The van der Waals surface area contributed by atoms with E-state index in [0.29, 0.717) is 33.9 Å². The Hall–Kier alpha value is -6.63. The van der Waals surface area contributed by atoms with Crippen molar-refractivity contribution in [3.63, 3.8) is 0 Å². The molecule has 0 saturated heterocycles. The average Bonchev–Trinajstić information content (AvgIpc) is 3.95. The van der Waals surface area contributed by atoms with Gasteiger partial charge in [-0.25, -0.2) is 15.0 Å². The number of benzene rings is 7. The molecule has 0 radical (unpaired) electrons. The van der Waals surface area contributed by atoms with Gasteiger partial charge in [0.05, 0.1) is 8.22 Å². The minimum absolute atomic E-state index is 0.0156. The highest BCUT2D eigenvalue weighted by Gasteiger charge is 2.19. The largest absolute Gasteiger partial charge is 0.455 e. The van der Waals surface area contributed by atoms with Crippen LogP contribution >= 0.6 is 11.3 Å². The number of thiophene rings is 1. The molecule has 5 nitrogen and oxygen atoms in total. The van der Waals surface area contributed by atoms with Crippen molar-refractivity contribution in [3.05, 3.63) is 152 Å². The summed E-state index contributed by atoms with van der Waals surface area (Å²) >= 11 is 1.67. The maximum atomic E-state index is 9.55. The Morgan fingerprint density at radius 1 is 0.451 bits per heavy atom. The number of furan rings is 2. The van der Waals surface area contributed by atoms with Gasteiger partial charge in [0.2, 0.25) is 0 Å². The lowest BCUT2D eigenvalue weighted by Gasteiger charge is -2.08. The van der Waals surface area contributed by atoms with Crippen LogP contribution in [-0.4, -0.2) is 15.0 Å². The van der Waals surface area contributed by atoms with Crippen LogP contribution in [0.4, 0.5) is 0 Å². The highest BCUT2D eigenvalue weighted by Crippen LogP contribution is 2.42. The van der Waals surface area contributed by atoms with Crippen molar-refractivity contribution >= 4 is 75.4 Å². The topological polar surface area (TPSA) is 65.0 Å². The van der Waals surface area contributed by atoms with Gasteiger partial charge in [-0.3, -0.25) is 0 Å². The first-order valence-corrected chi connectivity index (χ1v) is 17.2. The third kappa shape index (κ3) is 4.43. The Labute approximate surface area is 303 Å². The zero-order chi connectivity index (χ0) is 38.7. The minimum atomic E-state index is -0.375. The van der Waals surface area contributed by atoms with Gasteiger partial charge >= 0.3 is 0 Å². The lowest BCUT2D eigenvalue weighted by molar-refractivity contribution is 0.665. The highest BCUT2D eigenvalue weighted by molar-refractivity contribution is 7.25. The standard InChI is InChI=1S/C45H25N3O2S/c1-2-10-26(11-3-1)43-46-44(48-45(47-43)28-21-23-32-31-13-5-7-19-39(31)51-40(32)25-28)27-20-22-30-34-15-9-17-36(42(34)50-38(30)24-27)35-16-8-14-33-29-12-4-6-18-37(29)49-41(33)35/h1-25H/i9D,15D,17D,20D,22D,24D. The van der Waals surface area contributed by atoms with Crippen molar-refractivity contribution in [3.8, 4) is 45.3 Å². The van der Waals surface area contributed by atoms with Gasteiger partial charge in [0.1, 0.15) is 22.3 Å². The summed E-state index contributed by atoms with van der Waals surface area (Å²) in [7, 11) is 0. The molecule has 11 rings (SSSR count). The van der Waals surface area contributed by atoms with Crippen molar-refractivity contribution in [2.45, 2.75) is 0 Å². The molecule has 4 heterocycles. The number of nitrogens with zero attached hydrogens (tertiary/aromatic N) is 3. The molecule has 0 saturated carbocycles. The van der Waals surface area contributed by atoms with Crippen LogP contribution in [0.1, 0.15) is 8.22 Å². The fourth-order valence-electron chi connectivity index (χ4n) is 6.86. The molecule has 4 aromatic heterocycles. The zero-order valence-electron chi connectivity index (χ0n) is 32.5. The Morgan fingerprint density at radius 3 is 2.06 bits per heavy atom. The van der Waals surface area contributed by atoms with Crippen molar-refractivity contribution in [1.29, 1.82) is 0 Å². The number of aromatic nitrogens is 3. The van der Waals surface area contributed by atoms with Crippen LogP contribution in [0.25, 0.3) is 109 Å². The van der Waals surface area contributed by atoms with Crippen molar-refractivity contribution in [1.82, 2.24) is 15.0 Å². The summed E-state index contributed by atoms with van der Waals surface area (Å²) < 4.78 is 70.2. The second-order valence-corrected chi connectivity index (χ2v) is 13.4. The van der Waals surface area contributed by atoms with E-state index in [4.69, 9.17) is 27.9 Å². The summed E-state index contributed by atoms with van der Waals surface area (Å²) in [6.45, 7) is 0. The van der Waals surface area contributed by atoms with E-state index in [1.807, 2.05) is 97.1 Å².